The van der Waals surface area contributed by atoms with Gasteiger partial charge in [0.05, 0.1) is 0 Å². The first kappa shape index (κ1) is 4.83. The summed E-state index contributed by atoms with van der Waals surface area (Å²) in [4.78, 5) is 0. The molecule has 0 heterocycles. The second kappa shape index (κ2) is 0.905. The zero-order valence-corrected chi connectivity index (χ0v) is 7.62. The monoisotopic (exact) mass is 176 g/mol. The van der Waals surface area contributed by atoms with E-state index < -0.39 is 0 Å². The van der Waals surface area contributed by atoms with E-state index >= 15 is 0 Å². The van der Waals surface area contributed by atoms with Crippen LogP contribution in [0.1, 0.15) is 0 Å². The van der Waals surface area contributed by atoms with Crippen molar-refractivity contribution in [2.24, 2.45) is 47.3 Å². The molecule has 0 aromatic heterocycles. The van der Waals surface area contributed by atoms with Gasteiger partial charge in [-0.05, 0) is 11.8 Å². The standard InChI is InChI=1S/C14H8/c1-7-2-8(1)10-4-12-6(10)14(2)5-9(7)3(11(5)12)13(1)4/h1-6,13-14H. The maximum absolute atomic E-state index is 2.02. The molecule has 0 aliphatic heterocycles. The molecule has 0 nitrogen and oxygen atoms in total. The van der Waals surface area contributed by atoms with Gasteiger partial charge in [-0.15, -0.1) is 0 Å². The molecule has 0 radical (unpaired) electrons. The minimum Gasteiger partial charge on any atom is -0.0547 e. The van der Waals surface area contributed by atoms with E-state index in [-0.39, 0.29) is 0 Å². The maximum Gasteiger partial charge on any atom is 0.00714 e. The van der Waals surface area contributed by atoms with Gasteiger partial charge in [0.25, 0.3) is 0 Å². The Bertz CT molecular complexity index is 461. The van der Waals surface area contributed by atoms with Gasteiger partial charge in [0, 0.05) is 35.5 Å². The highest BCUT2D eigenvalue weighted by Crippen LogP contribution is 2.95. The third-order valence-corrected chi connectivity index (χ3v) is 7.33. The molecule has 14 heavy (non-hydrogen) atoms. The molecule has 9 aliphatic carbocycles. The van der Waals surface area contributed by atoms with Crippen molar-refractivity contribution in [3.63, 3.8) is 0 Å². The Morgan fingerprint density at radius 1 is 0.357 bits per heavy atom. The molecule has 0 aromatic carbocycles. The third kappa shape index (κ3) is 0.169. The third-order valence-electron chi connectivity index (χ3n) is 7.33. The topological polar surface area (TPSA) is 0 Å². The van der Waals surface area contributed by atoms with Crippen molar-refractivity contribution in [3.05, 3.63) is 33.4 Å². The first-order valence-corrected chi connectivity index (χ1v) is 6.21. The molecule has 9 rings (SSSR count). The Morgan fingerprint density at radius 2 is 0.571 bits per heavy atom. The molecule has 0 unspecified atom stereocenters. The number of rotatable bonds is 0. The van der Waals surface area contributed by atoms with E-state index in [0.29, 0.717) is 0 Å². The van der Waals surface area contributed by atoms with Crippen LogP contribution in [0.4, 0.5) is 0 Å². The summed E-state index contributed by atoms with van der Waals surface area (Å²) in [6.07, 6.45) is 0. The van der Waals surface area contributed by atoms with Gasteiger partial charge < -0.3 is 0 Å². The number of hydrogen-bond donors (Lipinski definition) is 0. The van der Waals surface area contributed by atoms with Gasteiger partial charge >= 0.3 is 0 Å². The lowest BCUT2D eigenvalue weighted by atomic mass is 9.54. The summed E-state index contributed by atoms with van der Waals surface area (Å²) in [6, 6.07) is 0. The summed E-state index contributed by atoms with van der Waals surface area (Å²) in [5, 5.41) is 0. The molecule has 0 aromatic rings. The summed E-state index contributed by atoms with van der Waals surface area (Å²) >= 11 is 0. The highest BCUT2D eigenvalue weighted by molar-refractivity contribution is 5.83. The molecule has 64 valence electrons. The molecule has 0 heteroatoms. The van der Waals surface area contributed by atoms with Crippen LogP contribution in [0.5, 0.6) is 0 Å². The van der Waals surface area contributed by atoms with E-state index in [1.807, 2.05) is 33.4 Å². The van der Waals surface area contributed by atoms with Crippen molar-refractivity contribution in [3.8, 4) is 0 Å². The van der Waals surface area contributed by atoms with Gasteiger partial charge in [-0.1, -0.05) is 33.4 Å². The van der Waals surface area contributed by atoms with Crippen molar-refractivity contribution in [1.82, 2.24) is 0 Å². The first-order chi connectivity index (χ1) is 7.00. The van der Waals surface area contributed by atoms with E-state index in [1.54, 1.807) is 0 Å². The fourth-order valence-electron chi connectivity index (χ4n) is 7.67. The molecular weight excluding hydrogens is 168 g/mol. The van der Waals surface area contributed by atoms with Crippen molar-refractivity contribution < 1.29 is 0 Å². The number of allylic oxidation sites excluding steroid dienone is 6. The lowest BCUT2D eigenvalue weighted by molar-refractivity contribution is 0.144. The lowest BCUT2D eigenvalue weighted by Gasteiger charge is -2.48. The molecular formula is C14H8. The van der Waals surface area contributed by atoms with Crippen molar-refractivity contribution in [2.75, 3.05) is 0 Å². The fourth-order valence-corrected chi connectivity index (χ4v) is 7.67. The summed E-state index contributed by atoms with van der Waals surface area (Å²) in [7, 11) is 0. The average molecular weight is 176 g/mol. The largest absolute Gasteiger partial charge is 0.0547 e. The van der Waals surface area contributed by atoms with Crippen LogP contribution < -0.4 is 0 Å². The molecule has 0 N–H and O–H groups in total. The summed E-state index contributed by atoms with van der Waals surface area (Å²) in [5.41, 5.74) is 12.1. The zero-order valence-electron chi connectivity index (χ0n) is 7.62. The predicted octanol–water partition coefficient (Wildman–Crippen LogP) is 1.91. The van der Waals surface area contributed by atoms with Crippen LogP contribution in [0.2, 0.25) is 0 Å². The number of hydrogen-bond acceptors (Lipinski definition) is 0. The second-order valence-electron chi connectivity index (χ2n) is 6.75. The predicted molar refractivity (Wildman–Crippen MR) is 49.0 cm³/mol. The van der Waals surface area contributed by atoms with E-state index in [2.05, 4.69) is 0 Å². The van der Waals surface area contributed by atoms with E-state index in [1.165, 1.54) is 0 Å². The Hall–Kier alpha value is -0.780. The van der Waals surface area contributed by atoms with Gasteiger partial charge in [0.15, 0.2) is 0 Å². The molecule has 0 atom stereocenters. The maximum atomic E-state index is 2.02. The highest BCUT2D eigenvalue weighted by Gasteiger charge is 2.87. The van der Waals surface area contributed by atoms with Crippen molar-refractivity contribution in [2.45, 2.75) is 0 Å². The van der Waals surface area contributed by atoms with Crippen molar-refractivity contribution >= 4 is 0 Å². The van der Waals surface area contributed by atoms with Crippen LogP contribution in [0.15, 0.2) is 33.4 Å². The molecule has 0 amide bonds. The van der Waals surface area contributed by atoms with Gasteiger partial charge in [0.1, 0.15) is 0 Å². The van der Waals surface area contributed by atoms with Crippen LogP contribution in [0.25, 0.3) is 0 Å². The van der Waals surface area contributed by atoms with Gasteiger partial charge in [0.2, 0.25) is 0 Å². The van der Waals surface area contributed by atoms with E-state index in [0.717, 1.165) is 47.3 Å². The summed E-state index contributed by atoms with van der Waals surface area (Å²) in [6.45, 7) is 0. The Kier molecular flexibility index (Phi) is 0.312. The highest BCUT2D eigenvalue weighted by atomic mass is 14.9. The molecule has 0 bridgehead atoms. The fraction of sp³-hybridized carbons (Fsp3) is 0.571. The van der Waals surface area contributed by atoms with Crippen LogP contribution in [-0.2, 0) is 0 Å². The van der Waals surface area contributed by atoms with E-state index in [9.17, 15) is 0 Å². The van der Waals surface area contributed by atoms with Crippen LogP contribution in [0, 0.1) is 47.3 Å². The smallest absolute Gasteiger partial charge is 0.00714 e. The molecule has 3 fully saturated rings. The van der Waals surface area contributed by atoms with Crippen LogP contribution in [-0.4, -0.2) is 0 Å². The normalized spacial score (nSPS) is 77.1. The van der Waals surface area contributed by atoms with E-state index in [4.69, 9.17) is 0 Å². The zero-order chi connectivity index (χ0) is 8.08. The Balaban J connectivity index is 1.88. The lowest BCUT2D eigenvalue weighted by Crippen LogP contribution is -2.44. The Labute approximate surface area is 81.4 Å². The van der Waals surface area contributed by atoms with Gasteiger partial charge in [-0.3, -0.25) is 0 Å². The molecule has 9 aliphatic rings. The molecule has 0 spiro atoms. The minimum atomic E-state index is 1.05. The SMILES string of the molecule is C12=C3C4C5=C6C7C8=C(C1C47)C2C(C35)C86. The first-order valence-electron chi connectivity index (χ1n) is 6.21. The average Bonchev–Trinajstić information content (AvgIpc) is 2.67. The van der Waals surface area contributed by atoms with Gasteiger partial charge in [-0.2, -0.15) is 0 Å². The van der Waals surface area contributed by atoms with Crippen LogP contribution in [0.3, 0.4) is 0 Å². The molecule has 0 saturated heterocycles. The summed E-state index contributed by atoms with van der Waals surface area (Å²) in [5.74, 6) is 8.53. The molecule has 3 saturated carbocycles. The summed E-state index contributed by atoms with van der Waals surface area (Å²) < 4.78 is 0. The minimum absolute atomic E-state index is 1.05. The van der Waals surface area contributed by atoms with Crippen molar-refractivity contribution in [1.29, 1.82) is 0 Å². The Morgan fingerprint density at radius 3 is 0.786 bits per heavy atom. The quantitative estimate of drug-likeness (QED) is 0.495. The van der Waals surface area contributed by atoms with Gasteiger partial charge in [-0.25, -0.2) is 0 Å². The second-order valence-corrected chi connectivity index (χ2v) is 6.75. The van der Waals surface area contributed by atoms with Crippen LogP contribution >= 0.6 is 0 Å².